The largest absolute Gasteiger partial charge is 0.310 e. The summed E-state index contributed by atoms with van der Waals surface area (Å²) in [6.07, 6.45) is 2.53. The lowest BCUT2D eigenvalue weighted by molar-refractivity contribution is 0.588. The quantitative estimate of drug-likeness (QED) is 0.788. The van der Waals surface area contributed by atoms with Gasteiger partial charge in [-0.3, -0.25) is 0 Å². The van der Waals surface area contributed by atoms with Gasteiger partial charge < -0.3 is 5.32 Å². The molecule has 0 unspecified atom stereocenters. The van der Waals surface area contributed by atoms with Crippen LogP contribution in [0, 0.1) is 5.82 Å². The summed E-state index contributed by atoms with van der Waals surface area (Å²) >= 11 is 1.61. The second-order valence-electron chi connectivity index (χ2n) is 4.55. The van der Waals surface area contributed by atoms with E-state index in [0.29, 0.717) is 11.3 Å². The Morgan fingerprint density at radius 2 is 2.19 bits per heavy atom. The number of halogens is 1. The number of nitrogens with one attached hydrogen (secondary N) is 1. The van der Waals surface area contributed by atoms with Gasteiger partial charge in [0.15, 0.2) is 0 Å². The molecule has 1 fully saturated rings. The van der Waals surface area contributed by atoms with Crippen molar-refractivity contribution in [2.45, 2.75) is 49.4 Å². The molecule has 2 rings (SSSR count). The maximum atomic E-state index is 13.7. The van der Waals surface area contributed by atoms with E-state index in [1.165, 1.54) is 12.8 Å². The van der Waals surface area contributed by atoms with Crippen LogP contribution in [0.25, 0.3) is 0 Å². The van der Waals surface area contributed by atoms with E-state index in [1.54, 1.807) is 23.9 Å². The SMILES string of the molecule is CC(C)Sc1c(F)cccc1CNC1CC1. The van der Waals surface area contributed by atoms with Crippen molar-refractivity contribution in [3.05, 3.63) is 29.6 Å². The molecule has 1 aromatic carbocycles. The molecule has 0 spiro atoms. The van der Waals surface area contributed by atoms with E-state index in [2.05, 4.69) is 19.2 Å². The standard InChI is InChI=1S/C13H18FNS/c1-9(2)16-13-10(4-3-5-12(13)14)8-15-11-6-7-11/h3-5,9,11,15H,6-8H2,1-2H3. The summed E-state index contributed by atoms with van der Waals surface area (Å²) in [5, 5.41) is 3.85. The molecule has 0 bridgehead atoms. The van der Waals surface area contributed by atoms with Crippen LogP contribution in [-0.4, -0.2) is 11.3 Å². The summed E-state index contributed by atoms with van der Waals surface area (Å²) in [7, 11) is 0. The van der Waals surface area contributed by atoms with E-state index in [1.807, 2.05) is 6.07 Å². The Hall–Kier alpha value is -0.540. The molecule has 0 amide bonds. The van der Waals surface area contributed by atoms with Gasteiger partial charge in [0.05, 0.1) is 0 Å². The van der Waals surface area contributed by atoms with Crippen molar-refractivity contribution >= 4 is 11.8 Å². The fourth-order valence-electron chi connectivity index (χ4n) is 1.60. The summed E-state index contributed by atoms with van der Waals surface area (Å²) in [5.41, 5.74) is 1.09. The first kappa shape index (κ1) is 11.9. The van der Waals surface area contributed by atoms with Gasteiger partial charge in [-0.2, -0.15) is 0 Å². The van der Waals surface area contributed by atoms with Crippen LogP contribution in [0.15, 0.2) is 23.1 Å². The molecule has 0 aromatic heterocycles. The molecular weight excluding hydrogens is 221 g/mol. The number of benzene rings is 1. The molecule has 0 heterocycles. The smallest absolute Gasteiger partial charge is 0.137 e. The molecule has 1 aromatic rings. The molecule has 0 atom stereocenters. The Morgan fingerprint density at radius 3 is 2.81 bits per heavy atom. The Kier molecular flexibility index (Phi) is 3.87. The molecule has 1 aliphatic carbocycles. The van der Waals surface area contributed by atoms with Crippen LogP contribution in [0.2, 0.25) is 0 Å². The third-order valence-corrected chi connectivity index (χ3v) is 3.72. The number of thioether (sulfide) groups is 1. The monoisotopic (exact) mass is 239 g/mol. The van der Waals surface area contributed by atoms with E-state index in [0.717, 1.165) is 17.0 Å². The highest BCUT2D eigenvalue weighted by Gasteiger charge is 2.21. The van der Waals surface area contributed by atoms with Gasteiger partial charge in [0.1, 0.15) is 5.82 Å². The minimum atomic E-state index is -0.0891. The fraction of sp³-hybridized carbons (Fsp3) is 0.538. The summed E-state index contributed by atoms with van der Waals surface area (Å²) in [4.78, 5) is 0.811. The van der Waals surface area contributed by atoms with E-state index in [4.69, 9.17) is 0 Å². The Balaban J connectivity index is 2.10. The average Bonchev–Trinajstić information content (AvgIpc) is 3.02. The Morgan fingerprint density at radius 1 is 1.44 bits per heavy atom. The maximum Gasteiger partial charge on any atom is 0.137 e. The van der Waals surface area contributed by atoms with Crippen molar-refractivity contribution in [2.75, 3.05) is 0 Å². The van der Waals surface area contributed by atoms with Gasteiger partial charge in [0, 0.05) is 22.7 Å². The summed E-state index contributed by atoms with van der Waals surface area (Å²) in [6.45, 7) is 4.97. The zero-order chi connectivity index (χ0) is 11.5. The van der Waals surface area contributed by atoms with Crippen molar-refractivity contribution < 1.29 is 4.39 Å². The molecule has 0 radical (unpaired) electrons. The molecule has 1 saturated carbocycles. The molecule has 0 aliphatic heterocycles. The van der Waals surface area contributed by atoms with Gasteiger partial charge in [-0.05, 0) is 24.5 Å². The van der Waals surface area contributed by atoms with Crippen LogP contribution in [0.3, 0.4) is 0 Å². The van der Waals surface area contributed by atoms with Crippen molar-refractivity contribution in [3.63, 3.8) is 0 Å². The van der Waals surface area contributed by atoms with Crippen LogP contribution in [0.5, 0.6) is 0 Å². The van der Waals surface area contributed by atoms with Crippen LogP contribution < -0.4 is 5.32 Å². The maximum absolute atomic E-state index is 13.7. The minimum Gasteiger partial charge on any atom is -0.310 e. The third-order valence-electron chi connectivity index (χ3n) is 2.56. The number of rotatable bonds is 5. The Labute approximate surface area is 101 Å². The zero-order valence-corrected chi connectivity index (χ0v) is 10.6. The molecule has 0 saturated heterocycles. The van der Waals surface area contributed by atoms with E-state index in [-0.39, 0.29) is 5.82 Å². The third kappa shape index (κ3) is 3.22. The molecule has 1 aliphatic rings. The van der Waals surface area contributed by atoms with Crippen molar-refractivity contribution in [2.24, 2.45) is 0 Å². The topological polar surface area (TPSA) is 12.0 Å². The van der Waals surface area contributed by atoms with E-state index >= 15 is 0 Å². The summed E-state index contributed by atoms with van der Waals surface area (Å²) in [5.74, 6) is -0.0891. The fourth-order valence-corrected chi connectivity index (χ4v) is 2.55. The first-order valence-electron chi connectivity index (χ1n) is 5.84. The first-order chi connectivity index (χ1) is 7.66. The predicted molar refractivity (Wildman–Crippen MR) is 67.3 cm³/mol. The average molecular weight is 239 g/mol. The molecule has 1 N–H and O–H groups in total. The highest BCUT2D eigenvalue weighted by molar-refractivity contribution is 8.00. The molecule has 1 nitrogen and oxygen atoms in total. The lowest BCUT2D eigenvalue weighted by Gasteiger charge is -2.12. The number of hydrogen-bond donors (Lipinski definition) is 1. The van der Waals surface area contributed by atoms with Crippen LogP contribution in [-0.2, 0) is 6.54 Å². The normalized spacial score (nSPS) is 15.8. The lowest BCUT2D eigenvalue weighted by Crippen LogP contribution is -2.16. The second kappa shape index (κ2) is 5.19. The minimum absolute atomic E-state index is 0.0891. The highest BCUT2D eigenvalue weighted by Crippen LogP contribution is 2.30. The van der Waals surface area contributed by atoms with Gasteiger partial charge in [-0.1, -0.05) is 26.0 Å². The van der Waals surface area contributed by atoms with Crippen LogP contribution in [0.1, 0.15) is 32.3 Å². The predicted octanol–water partition coefficient (Wildman–Crippen LogP) is 3.58. The van der Waals surface area contributed by atoms with Gasteiger partial charge in [-0.15, -0.1) is 11.8 Å². The van der Waals surface area contributed by atoms with Gasteiger partial charge in [0.25, 0.3) is 0 Å². The molecular formula is C13H18FNS. The van der Waals surface area contributed by atoms with Crippen LogP contribution >= 0.6 is 11.8 Å². The Bertz CT molecular complexity index is 361. The highest BCUT2D eigenvalue weighted by atomic mass is 32.2. The van der Waals surface area contributed by atoms with Gasteiger partial charge >= 0.3 is 0 Å². The van der Waals surface area contributed by atoms with E-state index < -0.39 is 0 Å². The van der Waals surface area contributed by atoms with Gasteiger partial charge in [-0.25, -0.2) is 4.39 Å². The van der Waals surface area contributed by atoms with E-state index in [9.17, 15) is 4.39 Å². The lowest BCUT2D eigenvalue weighted by atomic mass is 10.2. The summed E-state index contributed by atoms with van der Waals surface area (Å²) < 4.78 is 13.7. The first-order valence-corrected chi connectivity index (χ1v) is 6.72. The molecule has 16 heavy (non-hydrogen) atoms. The van der Waals surface area contributed by atoms with Crippen molar-refractivity contribution in [1.82, 2.24) is 5.32 Å². The zero-order valence-electron chi connectivity index (χ0n) is 9.79. The second-order valence-corrected chi connectivity index (χ2v) is 6.14. The van der Waals surface area contributed by atoms with Gasteiger partial charge in [0.2, 0.25) is 0 Å². The number of hydrogen-bond acceptors (Lipinski definition) is 2. The van der Waals surface area contributed by atoms with Crippen LogP contribution in [0.4, 0.5) is 4.39 Å². The molecule has 3 heteroatoms. The van der Waals surface area contributed by atoms with Crippen molar-refractivity contribution in [3.8, 4) is 0 Å². The van der Waals surface area contributed by atoms with Crippen molar-refractivity contribution in [1.29, 1.82) is 0 Å². The molecule has 88 valence electrons. The summed E-state index contributed by atoms with van der Waals surface area (Å²) in [6, 6.07) is 6.03.